The van der Waals surface area contributed by atoms with Gasteiger partial charge in [-0.25, -0.2) is 16.4 Å². The van der Waals surface area contributed by atoms with E-state index in [4.69, 9.17) is 116 Å². The number of methoxy groups -OCH3 is 1. The zero-order valence-electron chi connectivity index (χ0n) is 81.0. The van der Waals surface area contributed by atoms with E-state index in [1.807, 2.05) is 212 Å². The van der Waals surface area contributed by atoms with Crippen LogP contribution in [0.25, 0.3) is 80.0 Å². The number of nitrogen functional groups attached to an aromatic ring is 2. The van der Waals surface area contributed by atoms with E-state index in [9.17, 15) is 48.3 Å². The summed E-state index contributed by atoms with van der Waals surface area (Å²) in [7, 11) is 1.71. The Morgan fingerprint density at radius 3 is 1.00 bits per heavy atom. The number of carboxylic acid groups (broad SMARTS) is 1. The molecule has 8 heterocycles. The molecule has 0 unspecified atom stereocenters. The molecule has 8 aromatic carbocycles. The van der Waals surface area contributed by atoms with Crippen molar-refractivity contribution in [2.45, 2.75) is 139 Å². The predicted molar refractivity (Wildman–Crippen MR) is 589 cm³/mol. The van der Waals surface area contributed by atoms with E-state index in [0.717, 1.165) is 95.9 Å². The fourth-order valence-electron chi connectivity index (χ4n) is 11.7. The minimum atomic E-state index is -1.07. The van der Waals surface area contributed by atoms with E-state index in [2.05, 4.69) is 35.7 Å². The van der Waals surface area contributed by atoms with E-state index in [1.165, 1.54) is 40.9 Å². The molecule has 15 aromatic rings. The molecule has 39 heteroatoms. The molecule has 0 spiro atoms. The third-order valence-electron chi connectivity index (χ3n) is 18.1. The molecule has 0 aliphatic carbocycles. The number of nitrogens with two attached hydrogens (primary N) is 2. The maximum atomic E-state index is 13.1. The third-order valence-corrected chi connectivity index (χ3v) is 29.9. The Balaban J connectivity index is 0.000000228. The van der Waals surface area contributed by atoms with Crippen molar-refractivity contribution in [3.63, 3.8) is 0 Å². The number of anilines is 4. The Morgan fingerprint density at radius 2 is 0.720 bits per heavy atom. The number of thiazole rings is 3. The van der Waals surface area contributed by atoms with Crippen LogP contribution in [-0.4, -0.2) is 216 Å². The van der Waals surface area contributed by atoms with Crippen molar-refractivity contribution in [3.05, 3.63) is 293 Å². The molecule has 2 amide bonds. The number of nitrogens with zero attached hydrogens (tertiary/aromatic N) is 4. The van der Waals surface area contributed by atoms with Gasteiger partial charge < -0.3 is 24.4 Å². The van der Waals surface area contributed by atoms with Gasteiger partial charge in [0.15, 0.2) is 10.8 Å². The van der Waals surface area contributed by atoms with Crippen LogP contribution in [0.4, 0.5) is 18.2 Å². The number of aromatic nitrogens is 3. The number of ether oxygens (including phenoxy) is 6. The normalized spacial score (nSPS) is 11.5. The van der Waals surface area contributed by atoms with Crippen LogP contribution in [0.5, 0.6) is 0 Å². The van der Waals surface area contributed by atoms with Gasteiger partial charge in [-0.3, -0.25) is 9.59 Å². The van der Waals surface area contributed by atoms with Gasteiger partial charge in [0.1, 0.15) is 5.60 Å². The number of nitrogens with one attached hydrogen (secondary N) is 3. The Kier molecular flexibility index (Phi) is 47.3. The Hall–Kier alpha value is -9.71. The number of rotatable bonds is 15. The number of carboxylic acids is 1. The molecule has 7 aromatic heterocycles. The molecule has 8 N–H and O–H groups in total. The molecular weight excluding hydrogens is 2330 g/mol. The molecule has 1 saturated heterocycles. The monoisotopic (exact) mass is 2440 g/mol. The van der Waals surface area contributed by atoms with Crippen molar-refractivity contribution >= 4 is 280 Å². The number of Topliss-reactive ketones (excluding diaryl/α,β-unsaturated/α-hetero) is 1. The number of esters is 4. The standard InChI is InChI=1S/C23H19ClN2O3SSe.C19H11ClN2O3SSe.2C15H16ClNO2Se.C8H4ClNOS.C8H7ClO.C7H11NO2.C5H12O.C4H9NO.H2Se/c1-23(2,3)29-22(28)18-15(13-8-10-14(24)11-9-13)12-31-21(18)26-19(27)20-25-16-6-4-5-7-17(16)30-20;20-11-7-5-10(6-8-11)12-9-27-18(15(12)19(24)25)22-16(23)17-21-13-3-1-2-4-14(13)26-17;2*1-15(2,3)19-14(18)12-11(8-20-13(12)17)9-4-6-10(16)7-5-9;9-7(11)8-10-5-3-1-2-4-6(5)12-8;1-6(10)7-2-4-8(9)5-3-7;1-7(2,3)10-6(9)5-8-4;1-5(2,3)6-4;1-3-6-4-2-5-1;/h4-12H,1-3H3,(H,26,27);1-9H,(H,22,23)(H,24,25);2*4-8H,17H2,1-3H3;1-4H;2-5H,1H3;5H2,1-3H3;1-4H3;5H,1-4H2;1H2. The SMILES string of the molecule is C1COCCN1.CC(=O)c1ccc(Cl)cc1.CC(C)(C)OC(=O)c1c(-c2ccc(Cl)cc2)c[se]c1N.CC(C)(C)OC(=O)c1c(-c2ccc(Cl)cc2)c[se]c1N.CC(C)(C)OC(=O)c1c(-c2ccc(Cl)cc2)c[se]c1NC(=O)c1nc2ccccc2s1.COC(C)(C)C.O=C(Cl)c1nc2ccccc2s1.O=C(Nc1[se]cc(-c2ccc(Cl)cc2)c1C(=O)O)c1nc2ccccc2s1.[C-]#[N+]CC(=O)OC(C)(C)C.[SeH2]. The summed E-state index contributed by atoms with van der Waals surface area (Å²) in [5.74, 6) is -3.38. The van der Waals surface area contributed by atoms with Gasteiger partial charge in [0, 0.05) is 30.8 Å². The molecule has 1 aliphatic rings. The molecule has 754 valence electrons. The molecule has 25 nitrogen and oxygen atoms in total. The van der Waals surface area contributed by atoms with E-state index < -0.39 is 51.5 Å². The molecule has 1 aliphatic heterocycles. The predicted octanol–water partition coefficient (Wildman–Crippen LogP) is 24.3. The van der Waals surface area contributed by atoms with Gasteiger partial charge in [-0.1, -0.05) is 23.7 Å². The fraction of sp³-hybridized carbons (Fsp3) is 0.260. The molecule has 0 saturated carbocycles. The minimum absolute atomic E-state index is 0. The molecule has 143 heavy (non-hydrogen) atoms. The topological polar surface area (TPSA) is 360 Å². The van der Waals surface area contributed by atoms with E-state index in [1.54, 1.807) is 113 Å². The first-order valence-electron chi connectivity index (χ1n) is 43.3. The number of carbonyl (C=O) groups is 9. The number of halogens is 6. The molecule has 1 fully saturated rings. The first-order chi connectivity index (χ1) is 66.8. The Morgan fingerprint density at radius 1 is 0.434 bits per heavy atom. The second kappa shape index (κ2) is 56.3. The Bertz CT molecular complexity index is 6660. The average Bonchev–Trinajstić information content (AvgIpc) is 1.69. The molecule has 0 atom stereocenters. The molecule has 0 radical (unpaired) electrons. The van der Waals surface area contributed by atoms with Crippen LogP contribution in [0.3, 0.4) is 0 Å². The summed E-state index contributed by atoms with van der Waals surface area (Å²) in [6.07, 6.45) is 0. The van der Waals surface area contributed by atoms with Crippen LogP contribution < -0.4 is 27.4 Å². The van der Waals surface area contributed by atoms with Gasteiger partial charge in [0.2, 0.25) is 0 Å². The van der Waals surface area contributed by atoms with Crippen molar-refractivity contribution < 1.29 is 76.7 Å². The number of ketones is 1. The van der Waals surface area contributed by atoms with Crippen LogP contribution in [0.15, 0.2) is 214 Å². The number of hydrogen-bond donors (Lipinski definition) is 6. The summed E-state index contributed by atoms with van der Waals surface area (Å²) in [4.78, 5) is 131. The van der Waals surface area contributed by atoms with Gasteiger partial charge >= 0.3 is 653 Å². The summed E-state index contributed by atoms with van der Waals surface area (Å²) in [5.41, 5.74) is 20.8. The zero-order valence-corrected chi connectivity index (χ0v) is 96.9. The summed E-state index contributed by atoms with van der Waals surface area (Å²) < 4.78 is 36.3. The first kappa shape index (κ1) is 120. The van der Waals surface area contributed by atoms with Gasteiger partial charge in [0.05, 0.1) is 29.0 Å². The molecular formula is C104H107Cl6N9O16S3Se5. The van der Waals surface area contributed by atoms with Crippen molar-refractivity contribution in [2.24, 2.45) is 0 Å². The van der Waals surface area contributed by atoms with Crippen LogP contribution >= 0.6 is 104 Å². The van der Waals surface area contributed by atoms with Crippen molar-refractivity contribution in [2.75, 3.05) is 62.1 Å². The second-order valence-electron chi connectivity index (χ2n) is 35.1. The summed E-state index contributed by atoms with van der Waals surface area (Å²) >= 11 is 37.9. The summed E-state index contributed by atoms with van der Waals surface area (Å²) in [5, 5.41) is 22.2. The van der Waals surface area contributed by atoms with Crippen molar-refractivity contribution in [1.29, 1.82) is 0 Å². The number of fused-ring (bicyclic) bond motifs is 3. The number of aromatic carboxylic acids is 1. The second-order valence-corrected chi connectivity index (χ2v) is 48.2. The van der Waals surface area contributed by atoms with Crippen molar-refractivity contribution in [3.8, 4) is 44.5 Å². The number of para-hydroxylation sites is 3. The first-order valence-corrected chi connectivity index (χ1v) is 55.4. The van der Waals surface area contributed by atoms with Crippen LogP contribution in [0, 0.1) is 6.57 Å². The number of hydrogen-bond acceptors (Lipinski definition) is 24. The van der Waals surface area contributed by atoms with E-state index in [0.29, 0.717) is 86.2 Å². The zero-order chi connectivity index (χ0) is 105. The van der Waals surface area contributed by atoms with Gasteiger partial charge in [-0.15, -0.1) is 11.3 Å². The maximum absolute atomic E-state index is 13.1. The number of benzene rings is 8. The summed E-state index contributed by atoms with van der Waals surface area (Å²) in [6.45, 7) is 39.4. The third kappa shape index (κ3) is 39.9. The van der Waals surface area contributed by atoms with Gasteiger partial charge in [-0.2, -0.15) is 0 Å². The number of amides is 2. The van der Waals surface area contributed by atoms with Crippen molar-refractivity contribution in [1.82, 2.24) is 20.3 Å². The summed E-state index contributed by atoms with van der Waals surface area (Å²) in [6, 6.07) is 58.4. The quantitative estimate of drug-likeness (QED) is 0.0139. The van der Waals surface area contributed by atoms with Crippen LogP contribution in [0.1, 0.15) is 192 Å². The average molecular weight is 2440 g/mol. The van der Waals surface area contributed by atoms with E-state index in [-0.39, 0.29) is 116 Å². The number of morpholine rings is 1. The Labute approximate surface area is 907 Å². The fourth-order valence-corrected chi connectivity index (χ4v) is 22.4. The molecule has 16 rings (SSSR count). The van der Waals surface area contributed by atoms with Gasteiger partial charge in [0.25, 0.3) is 5.24 Å². The van der Waals surface area contributed by atoms with Crippen LogP contribution in [-0.2, 0) is 33.2 Å². The molecule has 0 bridgehead atoms. The number of carbonyl (C=O) groups excluding carboxylic acids is 8. The van der Waals surface area contributed by atoms with E-state index >= 15 is 0 Å². The van der Waals surface area contributed by atoms with Crippen LogP contribution in [0.2, 0.25) is 25.1 Å². The van der Waals surface area contributed by atoms with Gasteiger partial charge in [-0.05, 0) is 96.5 Å².